The molecule has 0 amide bonds. The molecular formula is C22H24NO3+. The fourth-order valence-corrected chi connectivity index (χ4v) is 3.63. The minimum atomic E-state index is -0.0123. The van der Waals surface area contributed by atoms with Gasteiger partial charge in [-0.2, -0.15) is 0 Å². The molecule has 1 aliphatic heterocycles. The molecule has 134 valence electrons. The standard InChI is InChI=1S/C22H23NO3/c24-22-19-10-9-18(25-14-13-23-11-5-2-6-12-23)15-21(19)26-16-20(22)17-7-3-1-4-8-17/h1,3-4,7-10,15-16H,2,5-6,11-14H2/p+1. The summed E-state index contributed by atoms with van der Waals surface area (Å²) in [6.45, 7) is 4.21. The maximum atomic E-state index is 12.8. The zero-order valence-corrected chi connectivity index (χ0v) is 14.9. The maximum absolute atomic E-state index is 12.8. The van der Waals surface area contributed by atoms with Crippen LogP contribution in [0.4, 0.5) is 0 Å². The van der Waals surface area contributed by atoms with Crippen molar-refractivity contribution in [2.45, 2.75) is 19.3 Å². The summed E-state index contributed by atoms with van der Waals surface area (Å²) in [5.41, 5.74) is 2.01. The molecule has 3 aromatic rings. The minimum Gasteiger partial charge on any atom is -0.488 e. The Balaban J connectivity index is 1.50. The highest BCUT2D eigenvalue weighted by atomic mass is 16.5. The number of benzene rings is 2. The van der Waals surface area contributed by atoms with Crippen molar-refractivity contribution >= 4 is 11.0 Å². The second-order valence-electron chi connectivity index (χ2n) is 6.91. The average molecular weight is 350 g/mol. The zero-order chi connectivity index (χ0) is 17.8. The lowest BCUT2D eigenvalue weighted by atomic mass is 10.1. The molecular weight excluding hydrogens is 326 g/mol. The van der Waals surface area contributed by atoms with Crippen molar-refractivity contribution in [3.63, 3.8) is 0 Å². The largest absolute Gasteiger partial charge is 0.488 e. The molecule has 4 rings (SSSR count). The van der Waals surface area contributed by atoms with E-state index in [1.165, 1.54) is 32.4 Å². The summed E-state index contributed by atoms with van der Waals surface area (Å²) in [7, 11) is 0. The number of hydrogen-bond donors (Lipinski definition) is 1. The van der Waals surface area contributed by atoms with Crippen molar-refractivity contribution in [1.29, 1.82) is 0 Å². The molecule has 1 aliphatic rings. The van der Waals surface area contributed by atoms with E-state index in [1.807, 2.05) is 42.5 Å². The molecule has 1 N–H and O–H groups in total. The lowest BCUT2D eigenvalue weighted by Crippen LogP contribution is -3.13. The van der Waals surface area contributed by atoms with Crippen molar-refractivity contribution in [2.24, 2.45) is 0 Å². The summed E-state index contributed by atoms with van der Waals surface area (Å²) in [6, 6.07) is 15.1. The molecule has 26 heavy (non-hydrogen) atoms. The smallest absolute Gasteiger partial charge is 0.200 e. The number of fused-ring (bicyclic) bond motifs is 1. The molecule has 0 unspecified atom stereocenters. The molecule has 2 aromatic carbocycles. The Morgan fingerprint density at radius 3 is 2.62 bits per heavy atom. The van der Waals surface area contributed by atoms with Gasteiger partial charge in [0.25, 0.3) is 0 Å². The van der Waals surface area contributed by atoms with Crippen LogP contribution in [0.5, 0.6) is 5.75 Å². The summed E-state index contributed by atoms with van der Waals surface area (Å²) >= 11 is 0. The Hall–Kier alpha value is -2.59. The highest BCUT2D eigenvalue weighted by molar-refractivity contribution is 5.82. The van der Waals surface area contributed by atoms with Gasteiger partial charge in [-0.3, -0.25) is 4.79 Å². The predicted octanol–water partition coefficient (Wildman–Crippen LogP) is 2.91. The summed E-state index contributed by atoms with van der Waals surface area (Å²) in [6.07, 6.45) is 5.54. The minimum absolute atomic E-state index is 0.0123. The van der Waals surface area contributed by atoms with Crippen LogP contribution in [-0.4, -0.2) is 26.2 Å². The van der Waals surface area contributed by atoms with Gasteiger partial charge in [0.1, 0.15) is 30.7 Å². The SMILES string of the molecule is O=c1c(-c2ccccc2)coc2cc(OCC[NH+]3CCCCC3)ccc12. The molecule has 0 saturated carbocycles. The lowest BCUT2D eigenvalue weighted by Gasteiger charge is -2.23. The van der Waals surface area contributed by atoms with E-state index < -0.39 is 0 Å². The predicted molar refractivity (Wildman–Crippen MR) is 103 cm³/mol. The fourth-order valence-electron chi connectivity index (χ4n) is 3.63. The first kappa shape index (κ1) is 16.9. The van der Waals surface area contributed by atoms with Gasteiger partial charge < -0.3 is 14.1 Å². The first-order valence-electron chi connectivity index (χ1n) is 9.38. The van der Waals surface area contributed by atoms with Crippen LogP contribution in [0.15, 0.2) is 64.0 Å². The second kappa shape index (κ2) is 7.75. The van der Waals surface area contributed by atoms with E-state index in [9.17, 15) is 4.79 Å². The molecule has 2 heterocycles. The van der Waals surface area contributed by atoms with Crippen LogP contribution in [0, 0.1) is 0 Å². The molecule has 1 fully saturated rings. The first-order chi connectivity index (χ1) is 12.8. The topological polar surface area (TPSA) is 43.9 Å². The van der Waals surface area contributed by atoms with E-state index in [1.54, 1.807) is 17.2 Å². The number of likely N-dealkylation sites (tertiary alicyclic amines) is 1. The van der Waals surface area contributed by atoms with Gasteiger partial charge in [0, 0.05) is 6.07 Å². The Bertz CT molecular complexity index is 927. The van der Waals surface area contributed by atoms with Crippen molar-refractivity contribution < 1.29 is 14.1 Å². The Kier molecular flexibility index (Phi) is 5.02. The van der Waals surface area contributed by atoms with Crippen molar-refractivity contribution in [1.82, 2.24) is 0 Å². The van der Waals surface area contributed by atoms with Gasteiger partial charge in [-0.15, -0.1) is 0 Å². The third-order valence-corrected chi connectivity index (χ3v) is 5.12. The number of ether oxygens (including phenoxy) is 1. The Morgan fingerprint density at radius 2 is 1.81 bits per heavy atom. The third-order valence-electron chi connectivity index (χ3n) is 5.12. The number of hydrogen-bond acceptors (Lipinski definition) is 3. The summed E-state index contributed by atoms with van der Waals surface area (Å²) in [4.78, 5) is 14.4. The monoisotopic (exact) mass is 350 g/mol. The summed E-state index contributed by atoms with van der Waals surface area (Å²) in [5.74, 6) is 0.754. The molecule has 4 nitrogen and oxygen atoms in total. The second-order valence-corrected chi connectivity index (χ2v) is 6.91. The summed E-state index contributed by atoms with van der Waals surface area (Å²) < 4.78 is 11.6. The van der Waals surface area contributed by atoms with Gasteiger partial charge in [-0.25, -0.2) is 0 Å². The van der Waals surface area contributed by atoms with E-state index in [4.69, 9.17) is 9.15 Å². The van der Waals surface area contributed by atoms with Crippen LogP contribution in [0.25, 0.3) is 22.1 Å². The number of quaternary nitrogens is 1. The van der Waals surface area contributed by atoms with E-state index in [0.717, 1.165) is 17.9 Å². The molecule has 0 aliphatic carbocycles. The van der Waals surface area contributed by atoms with Crippen LogP contribution in [0.3, 0.4) is 0 Å². The van der Waals surface area contributed by atoms with Crippen LogP contribution in [-0.2, 0) is 0 Å². The first-order valence-corrected chi connectivity index (χ1v) is 9.38. The van der Waals surface area contributed by atoms with Gasteiger partial charge >= 0.3 is 0 Å². The maximum Gasteiger partial charge on any atom is 0.200 e. The lowest BCUT2D eigenvalue weighted by molar-refractivity contribution is -0.904. The number of nitrogens with one attached hydrogen (secondary N) is 1. The van der Waals surface area contributed by atoms with Gasteiger partial charge in [0.05, 0.1) is 24.0 Å². The van der Waals surface area contributed by atoms with Crippen LogP contribution < -0.4 is 15.1 Å². The third kappa shape index (κ3) is 3.65. The van der Waals surface area contributed by atoms with Crippen LogP contribution in [0.2, 0.25) is 0 Å². The molecule has 0 radical (unpaired) electrons. The van der Waals surface area contributed by atoms with Gasteiger partial charge in [0.2, 0.25) is 0 Å². The zero-order valence-electron chi connectivity index (χ0n) is 14.9. The quantitative estimate of drug-likeness (QED) is 0.769. The van der Waals surface area contributed by atoms with Crippen molar-refractivity contribution in [3.05, 3.63) is 65.0 Å². The molecule has 0 atom stereocenters. The molecule has 0 spiro atoms. The normalized spacial score (nSPS) is 15.2. The molecule has 1 saturated heterocycles. The van der Waals surface area contributed by atoms with E-state index in [0.29, 0.717) is 23.1 Å². The van der Waals surface area contributed by atoms with Gasteiger partial charge in [-0.05, 0) is 37.0 Å². The van der Waals surface area contributed by atoms with Crippen LogP contribution >= 0.6 is 0 Å². The average Bonchev–Trinajstić information content (AvgIpc) is 2.70. The highest BCUT2D eigenvalue weighted by Crippen LogP contribution is 2.22. The molecule has 4 heteroatoms. The number of piperidine rings is 1. The number of rotatable bonds is 5. The van der Waals surface area contributed by atoms with Crippen LogP contribution in [0.1, 0.15) is 19.3 Å². The molecule has 0 bridgehead atoms. The Morgan fingerprint density at radius 1 is 1.00 bits per heavy atom. The summed E-state index contributed by atoms with van der Waals surface area (Å²) in [5, 5.41) is 0.584. The van der Waals surface area contributed by atoms with E-state index >= 15 is 0 Å². The van der Waals surface area contributed by atoms with E-state index in [-0.39, 0.29) is 5.43 Å². The fraction of sp³-hybridized carbons (Fsp3) is 0.318. The Labute approximate surface area is 153 Å². The highest BCUT2D eigenvalue weighted by Gasteiger charge is 2.13. The molecule has 1 aromatic heterocycles. The van der Waals surface area contributed by atoms with Crippen molar-refractivity contribution in [3.8, 4) is 16.9 Å². The van der Waals surface area contributed by atoms with Gasteiger partial charge in [0.15, 0.2) is 5.43 Å². The van der Waals surface area contributed by atoms with E-state index in [2.05, 4.69) is 0 Å². The van der Waals surface area contributed by atoms with Gasteiger partial charge in [-0.1, -0.05) is 30.3 Å². The van der Waals surface area contributed by atoms with Crippen molar-refractivity contribution in [2.75, 3.05) is 26.2 Å².